The van der Waals surface area contributed by atoms with Gasteiger partial charge in [0.2, 0.25) is 5.91 Å². The molecule has 31 heavy (non-hydrogen) atoms. The lowest BCUT2D eigenvalue weighted by Gasteiger charge is -2.37. The molecular weight excluding hydrogens is 408 g/mol. The van der Waals surface area contributed by atoms with Crippen LogP contribution in [0.2, 0.25) is 0 Å². The zero-order chi connectivity index (χ0) is 21.0. The van der Waals surface area contributed by atoms with Crippen LogP contribution in [-0.4, -0.2) is 33.0 Å². The van der Waals surface area contributed by atoms with Gasteiger partial charge in [-0.15, -0.1) is 10.2 Å². The summed E-state index contributed by atoms with van der Waals surface area (Å²) in [5, 5.41) is 8.92. The molecule has 0 saturated heterocycles. The summed E-state index contributed by atoms with van der Waals surface area (Å²) < 4.78 is 7.86. The molecule has 0 aliphatic carbocycles. The molecule has 1 atom stereocenters. The van der Waals surface area contributed by atoms with Gasteiger partial charge in [0.1, 0.15) is 18.7 Å². The van der Waals surface area contributed by atoms with Crippen molar-refractivity contribution in [2.24, 2.45) is 0 Å². The maximum absolute atomic E-state index is 13.5. The second-order valence-corrected chi connectivity index (χ2v) is 8.02. The van der Waals surface area contributed by atoms with Gasteiger partial charge >= 0.3 is 0 Å². The van der Waals surface area contributed by atoms with Gasteiger partial charge in [-0.05, 0) is 29.8 Å². The van der Waals surface area contributed by atoms with E-state index in [2.05, 4.69) is 10.2 Å². The molecule has 0 fully saturated rings. The number of para-hydroxylation sites is 3. The largest absolute Gasteiger partial charge is 0.489 e. The molecule has 0 N–H and O–H groups in total. The van der Waals surface area contributed by atoms with E-state index < -0.39 is 0 Å². The van der Waals surface area contributed by atoms with E-state index in [0.717, 1.165) is 22.7 Å². The van der Waals surface area contributed by atoms with E-state index in [1.165, 1.54) is 11.8 Å². The Bertz CT molecular complexity index is 1180. The molecule has 6 nitrogen and oxygen atoms in total. The molecule has 3 aromatic carbocycles. The lowest BCUT2D eigenvalue weighted by Crippen LogP contribution is -2.42. The molecule has 4 aromatic rings. The van der Waals surface area contributed by atoms with Crippen molar-refractivity contribution in [1.82, 2.24) is 14.8 Å². The monoisotopic (exact) mass is 428 g/mol. The maximum atomic E-state index is 13.5. The predicted octanol–water partition coefficient (Wildman–Crippen LogP) is 4.53. The number of aromatic nitrogens is 3. The molecule has 1 aromatic heterocycles. The number of hydrogen-bond donors (Lipinski definition) is 0. The predicted molar refractivity (Wildman–Crippen MR) is 121 cm³/mol. The van der Waals surface area contributed by atoms with Gasteiger partial charge in [-0.3, -0.25) is 14.3 Å². The molecular formula is C24H20N4O2S. The number of benzene rings is 3. The highest BCUT2D eigenvalue weighted by molar-refractivity contribution is 7.99. The first kappa shape index (κ1) is 19.4. The van der Waals surface area contributed by atoms with Gasteiger partial charge in [-0.2, -0.15) is 0 Å². The van der Waals surface area contributed by atoms with E-state index in [0.29, 0.717) is 11.8 Å². The van der Waals surface area contributed by atoms with Crippen LogP contribution in [0.4, 0.5) is 5.69 Å². The minimum absolute atomic E-state index is 0.00258. The first-order chi connectivity index (χ1) is 15.3. The Kier molecular flexibility index (Phi) is 5.41. The summed E-state index contributed by atoms with van der Waals surface area (Å²) in [6.07, 6.45) is 1.67. The summed E-state index contributed by atoms with van der Waals surface area (Å²) in [7, 11) is 0. The number of anilines is 1. The fourth-order valence-electron chi connectivity index (χ4n) is 3.70. The molecule has 0 saturated carbocycles. The minimum atomic E-state index is -0.184. The van der Waals surface area contributed by atoms with Crippen LogP contribution in [0.3, 0.4) is 0 Å². The highest BCUT2D eigenvalue weighted by Gasteiger charge is 2.33. The molecule has 1 unspecified atom stereocenters. The molecule has 0 radical (unpaired) electrons. The fourth-order valence-corrected chi connectivity index (χ4v) is 4.49. The number of amides is 1. The van der Waals surface area contributed by atoms with E-state index >= 15 is 0 Å². The Labute approximate surface area is 184 Å². The summed E-state index contributed by atoms with van der Waals surface area (Å²) in [6, 6.07) is 27.3. The zero-order valence-corrected chi connectivity index (χ0v) is 17.5. The summed E-state index contributed by atoms with van der Waals surface area (Å²) in [4.78, 5) is 15.3. The van der Waals surface area contributed by atoms with Crippen LogP contribution in [0.25, 0.3) is 5.69 Å². The summed E-state index contributed by atoms with van der Waals surface area (Å²) in [5.74, 6) is 0.959. The van der Waals surface area contributed by atoms with E-state index in [4.69, 9.17) is 4.74 Å². The molecule has 7 heteroatoms. The standard InChI is InChI=1S/C24H20N4O2S/c29-23(16-31-24-26-25-17-27(24)19-11-5-2-6-12-19)28-20-13-7-8-14-22(20)30-15-21(28)18-9-3-1-4-10-18/h1-14,17,21H,15-16H2. The Balaban J connectivity index is 1.41. The highest BCUT2D eigenvalue weighted by atomic mass is 32.2. The van der Waals surface area contributed by atoms with Crippen LogP contribution < -0.4 is 9.64 Å². The Morgan fingerprint density at radius 1 is 0.968 bits per heavy atom. The number of rotatable bonds is 5. The third-order valence-corrected chi connectivity index (χ3v) is 6.09. The topological polar surface area (TPSA) is 60.2 Å². The van der Waals surface area contributed by atoms with Crippen LogP contribution in [0, 0.1) is 0 Å². The van der Waals surface area contributed by atoms with Crippen LogP contribution >= 0.6 is 11.8 Å². The smallest absolute Gasteiger partial charge is 0.238 e. The van der Waals surface area contributed by atoms with Crippen molar-refractivity contribution in [2.75, 3.05) is 17.3 Å². The number of carbonyl (C=O) groups excluding carboxylic acids is 1. The highest BCUT2D eigenvalue weighted by Crippen LogP contribution is 2.39. The van der Waals surface area contributed by atoms with Gasteiger partial charge in [0, 0.05) is 5.69 Å². The second kappa shape index (κ2) is 8.65. The van der Waals surface area contributed by atoms with Crippen LogP contribution in [0.5, 0.6) is 5.75 Å². The van der Waals surface area contributed by atoms with Gasteiger partial charge in [0.15, 0.2) is 5.16 Å². The Hall–Kier alpha value is -3.58. The third-order valence-electron chi connectivity index (χ3n) is 5.16. The van der Waals surface area contributed by atoms with Crippen molar-refractivity contribution >= 4 is 23.4 Å². The van der Waals surface area contributed by atoms with Gasteiger partial charge in [-0.1, -0.05) is 72.4 Å². The minimum Gasteiger partial charge on any atom is -0.489 e. The summed E-state index contributed by atoms with van der Waals surface area (Å²) in [6.45, 7) is 0.414. The second-order valence-electron chi connectivity index (χ2n) is 7.08. The molecule has 1 aliphatic rings. The zero-order valence-electron chi connectivity index (χ0n) is 16.7. The van der Waals surface area contributed by atoms with Crippen molar-refractivity contribution in [3.05, 3.63) is 96.8 Å². The summed E-state index contributed by atoms with van der Waals surface area (Å²) in [5.41, 5.74) is 2.79. The Morgan fingerprint density at radius 3 is 2.48 bits per heavy atom. The summed E-state index contributed by atoms with van der Waals surface area (Å²) >= 11 is 1.38. The van der Waals surface area contributed by atoms with Crippen molar-refractivity contribution < 1.29 is 9.53 Å². The first-order valence-electron chi connectivity index (χ1n) is 9.98. The maximum Gasteiger partial charge on any atom is 0.238 e. The van der Waals surface area contributed by atoms with Crippen molar-refractivity contribution in [3.63, 3.8) is 0 Å². The Morgan fingerprint density at radius 2 is 1.68 bits per heavy atom. The van der Waals surface area contributed by atoms with Gasteiger partial charge < -0.3 is 4.74 Å². The van der Waals surface area contributed by atoms with Crippen LogP contribution in [0.1, 0.15) is 11.6 Å². The number of carbonyl (C=O) groups is 1. The SMILES string of the molecule is O=C(CSc1nncn1-c1ccccc1)N1c2ccccc2OCC1c1ccccc1. The number of thioether (sulfide) groups is 1. The van der Waals surface area contributed by atoms with E-state index in [1.807, 2.05) is 94.4 Å². The van der Waals surface area contributed by atoms with Gasteiger partial charge in [-0.25, -0.2) is 0 Å². The van der Waals surface area contributed by atoms with Crippen molar-refractivity contribution in [2.45, 2.75) is 11.2 Å². The molecule has 5 rings (SSSR count). The average molecular weight is 429 g/mol. The number of nitrogens with zero attached hydrogens (tertiary/aromatic N) is 4. The molecule has 0 spiro atoms. The van der Waals surface area contributed by atoms with E-state index in [-0.39, 0.29) is 17.7 Å². The molecule has 1 amide bonds. The molecule has 1 aliphatic heterocycles. The lowest BCUT2D eigenvalue weighted by molar-refractivity contribution is -0.117. The normalized spacial score (nSPS) is 15.2. The van der Waals surface area contributed by atoms with Crippen molar-refractivity contribution in [3.8, 4) is 11.4 Å². The lowest BCUT2D eigenvalue weighted by atomic mass is 10.0. The van der Waals surface area contributed by atoms with E-state index in [1.54, 1.807) is 6.33 Å². The molecule has 154 valence electrons. The average Bonchev–Trinajstić information content (AvgIpc) is 3.31. The first-order valence-corrected chi connectivity index (χ1v) is 11.0. The van der Waals surface area contributed by atoms with Crippen LogP contribution in [0.15, 0.2) is 96.4 Å². The van der Waals surface area contributed by atoms with E-state index in [9.17, 15) is 4.79 Å². The van der Waals surface area contributed by atoms with Gasteiger partial charge in [0.05, 0.1) is 17.5 Å². The molecule has 0 bridgehead atoms. The molecule has 2 heterocycles. The number of fused-ring (bicyclic) bond motifs is 1. The fraction of sp³-hybridized carbons (Fsp3) is 0.125. The quantitative estimate of drug-likeness (QED) is 0.437. The number of ether oxygens (including phenoxy) is 1. The number of hydrogen-bond acceptors (Lipinski definition) is 5. The van der Waals surface area contributed by atoms with Crippen molar-refractivity contribution in [1.29, 1.82) is 0 Å². The van der Waals surface area contributed by atoms with Gasteiger partial charge in [0.25, 0.3) is 0 Å². The van der Waals surface area contributed by atoms with Crippen LogP contribution in [-0.2, 0) is 4.79 Å². The third kappa shape index (κ3) is 3.92.